The van der Waals surface area contributed by atoms with Crippen molar-refractivity contribution in [3.8, 4) is 23.2 Å². The maximum absolute atomic E-state index is 13.3. The molecule has 6 saturated carbocycles. The van der Waals surface area contributed by atoms with Gasteiger partial charge in [0.05, 0.1) is 5.41 Å². The van der Waals surface area contributed by atoms with E-state index in [1.807, 2.05) is 81.5 Å². The number of nitrogens with zero attached hydrogens (tertiary/aromatic N) is 13. The van der Waals surface area contributed by atoms with Crippen molar-refractivity contribution in [3.05, 3.63) is 161 Å². The lowest BCUT2D eigenvalue weighted by Gasteiger charge is -2.30. The van der Waals surface area contributed by atoms with Crippen molar-refractivity contribution >= 4 is 24.0 Å². The van der Waals surface area contributed by atoms with Gasteiger partial charge >= 0.3 is 18.2 Å². The number of rotatable bonds is 18. The largest absolute Gasteiger partial charge is 0.476 e. The molecular weight excluding hydrogens is 1270 g/mol. The maximum Gasteiger partial charge on any atom is 0.410 e. The van der Waals surface area contributed by atoms with Crippen molar-refractivity contribution in [1.82, 2.24) is 64.1 Å². The van der Waals surface area contributed by atoms with Crippen molar-refractivity contribution in [2.45, 2.75) is 235 Å². The molecule has 0 bridgehead atoms. The van der Waals surface area contributed by atoms with E-state index in [0.29, 0.717) is 54.5 Å². The average Bonchev–Trinajstić information content (AvgIpc) is 1.58. The van der Waals surface area contributed by atoms with Crippen molar-refractivity contribution in [2.75, 3.05) is 19.6 Å². The topological polar surface area (TPSA) is 298 Å². The number of ether oxygens (including phenoxy) is 2. The number of aryl methyl sites for hydroxylation is 6. The van der Waals surface area contributed by atoms with Gasteiger partial charge in [0.25, 0.3) is 11.8 Å². The summed E-state index contributed by atoms with van der Waals surface area (Å²) >= 11 is 0. The van der Waals surface area contributed by atoms with Crippen LogP contribution in [0.5, 0.6) is 0 Å². The first-order valence-electron chi connectivity index (χ1n) is 36.1. The number of carbonyl (C=O) groups is 3. The fourth-order valence-electron chi connectivity index (χ4n) is 14.5. The van der Waals surface area contributed by atoms with Gasteiger partial charge in [0.15, 0.2) is 17.3 Å². The second-order valence-corrected chi connectivity index (χ2v) is 31.2. The lowest BCUT2D eigenvalue weighted by Crippen LogP contribution is -2.45. The van der Waals surface area contributed by atoms with Gasteiger partial charge < -0.3 is 63.4 Å². The van der Waals surface area contributed by atoms with Crippen LogP contribution in [0, 0.1) is 5.41 Å². The van der Waals surface area contributed by atoms with Gasteiger partial charge in [-0.2, -0.15) is 9.97 Å². The molecule has 24 heteroatoms. The van der Waals surface area contributed by atoms with E-state index in [-0.39, 0.29) is 46.6 Å². The molecule has 5 aromatic heterocycles. The van der Waals surface area contributed by atoms with Crippen molar-refractivity contribution < 1.29 is 43.2 Å². The van der Waals surface area contributed by atoms with Crippen LogP contribution in [0.15, 0.2) is 124 Å². The number of fused-ring (bicyclic) bond motifs is 3. The molecule has 528 valence electrons. The summed E-state index contributed by atoms with van der Waals surface area (Å²) in [5.41, 5.74) is 9.79. The number of carboxylic acids is 1. The van der Waals surface area contributed by atoms with Gasteiger partial charge in [0.1, 0.15) is 45.9 Å². The van der Waals surface area contributed by atoms with Gasteiger partial charge in [-0.1, -0.05) is 106 Å². The predicted octanol–water partition coefficient (Wildman–Crippen LogP) is 12.8. The molecule has 100 heavy (non-hydrogen) atoms. The third-order valence-electron chi connectivity index (χ3n) is 21.1. The number of carboxylic acid groups (broad SMARTS) is 1. The van der Waals surface area contributed by atoms with Crippen LogP contribution in [0.2, 0.25) is 0 Å². The van der Waals surface area contributed by atoms with E-state index in [4.69, 9.17) is 54.5 Å². The molecule has 17 rings (SSSR count). The monoisotopic (exact) mass is 1360 g/mol. The minimum Gasteiger partial charge on any atom is -0.476 e. The highest BCUT2D eigenvalue weighted by atomic mass is 16.6. The van der Waals surface area contributed by atoms with Gasteiger partial charge in [-0.25, -0.2) is 29.3 Å². The second kappa shape index (κ2) is 27.7. The normalized spacial score (nSPS) is 22.8. The van der Waals surface area contributed by atoms with E-state index >= 15 is 0 Å². The number of nitrogens with one attached hydrogen (secondary N) is 1. The van der Waals surface area contributed by atoms with Crippen LogP contribution in [0.3, 0.4) is 0 Å². The SMILES string of the molecule is CC(C)(C)OC(=O)N(CC1(C(N)=NO)CC1)[C@H]1CC1c1ccccc1.CC(C)(C)OC(=O)N(CC1(c2noc(-c3cn4c(n3)CCCC4)n2)CC1)[C@H]1CC1c1ccccc1.O=C(O)c1cn2c(n1)CCCC2.c1ccc(C2C[C@@H]2NCC2(c3noc(-c4cn5c(n4)CCCC5)n3)CC2)cc1. The maximum atomic E-state index is 13.3. The van der Waals surface area contributed by atoms with E-state index < -0.39 is 22.6 Å². The number of oxime groups is 1. The molecule has 2 amide bonds. The summed E-state index contributed by atoms with van der Waals surface area (Å²) in [4.78, 5) is 63.3. The van der Waals surface area contributed by atoms with Gasteiger partial charge in [0, 0.05) is 124 Å². The zero-order chi connectivity index (χ0) is 69.6. The lowest BCUT2D eigenvalue weighted by atomic mass is 10.0. The molecule has 3 aliphatic heterocycles. The summed E-state index contributed by atoms with van der Waals surface area (Å²) < 4.78 is 29.1. The molecule has 8 heterocycles. The summed E-state index contributed by atoms with van der Waals surface area (Å²) in [6, 6.07) is 32.2. The highest BCUT2D eigenvalue weighted by Crippen LogP contribution is 2.54. The fourth-order valence-corrected chi connectivity index (χ4v) is 14.5. The summed E-state index contributed by atoms with van der Waals surface area (Å²) in [6.07, 6.45) is 23.9. The number of nitrogens with two attached hydrogens (primary N) is 1. The smallest absolute Gasteiger partial charge is 0.410 e. The quantitative estimate of drug-likeness (QED) is 0.0268. The molecule has 3 unspecified atom stereocenters. The summed E-state index contributed by atoms with van der Waals surface area (Å²) in [6.45, 7) is 16.2. The number of aromatic nitrogens is 10. The van der Waals surface area contributed by atoms with E-state index in [9.17, 15) is 14.4 Å². The molecule has 6 fully saturated rings. The van der Waals surface area contributed by atoms with Crippen LogP contribution < -0.4 is 11.1 Å². The molecule has 3 aromatic carbocycles. The van der Waals surface area contributed by atoms with Crippen LogP contribution in [-0.2, 0) is 59.2 Å². The standard InChI is InChI=1S/C27H33N5O3.C22H25N5O.C19H27N3O3.C8H10N2O2/c1-26(2,3)34-25(33)32(21-15-19(21)18-9-5-4-6-10-18)17-27(12-13-27)24-29-23(35-30-24)20-16-31-14-8-7-11-22(31)28-20;1-2-6-15(7-3-1)16-12-17(16)23-14-22(9-10-22)21-25-20(28-26-21)18-13-27-11-5-4-8-19(27)24-18;1-18(2,3)25-17(23)22(12-19(9-10-19)16(20)21-24)15-11-14(15)13-7-5-4-6-8-13;11-8(12)6-5-10-4-2-1-3-7(10)9-6/h4-6,9-10,16,19,21H,7-8,11-15,17H2,1-3H3;1-3,6-7,13,16-17,23H,4-5,8-12,14H2;4-8,14-15,24H,9-12H2,1-3H3,(H2,20,21);5H,1-4H2,(H,11,12)/t19?,21-;16?,17-;14?,15-;/m000./s1. The van der Waals surface area contributed by atoms with Gasteiger partial charge in [0.2, 0.25) is 0 Å². The van der Waals surface area contributed by atoms with Crippen molar-refractivity contribution in [1.29, 1.82) is 0 Å². The zero-order valence-corrected chi connectivity index (χ0v) is 58.5. The highest BCUT2D eigenvalue weighted by molar-refractivity contribution is 5.89. The highest BCUT2D eigenvalue weighted by Gasteiger charge is 2.57. The second-order valence-electron chi connectivity index (χ2n) is 31.2. The van der Waals surface area contributed by atoms with E-state index in [2.05, 4.69) is 108 Å². The Morgan fingerprint density at radius 2 is 1.00 bits per heavy atom. The first-order chi connectivity index (χ1) is 48.1. The number of amides is 2. The number of carbonyl (C=O) groups excluding carboxylic acids is 2. The third kappa shape index (κ3) is 15.7. The molecule has 6 atom stereocenters. The average molecular weight is 1360 g/mol. The fraction of sp³-hybridized carbons (Fsp3) is 0.539. The van der Waals surface area contributed by atoms with Gasteiger partial charge in [-0.05, 0) is 155 Å². The Balaban J connectivity index is 0.000000119. The number of hydrogen-bond acceptors (Lipinski definition) is 17. The van der Waals surface area contributed by atoms with Crippen LogP contribution in [0.4, 0.5) is 9.59 Å². The summed E-state index contributed by atoms with van der Waals surface area (Å²) in [7, 11) is 0. The zero-order valence-electron chi connectivity index (χ0n) is 58.5. The number of hydrogen-bond donors (Lipinski definition) is 4. The van der Waals surface area contributed by atoms with Crippen LogP contribution in [0.25, 0.3) is 23.2 Å². The Morgan fingerprint density at radius 1 is 0.570 bits per heavy atom. The van der Waals surface area contributed by atoms with E-state index in [1.54, 1.807) is 11.1 Å². The Kier molecular flexibility index (Phi) is 18.9. The van der Waals surface area contributed by atoms with E-state index in [0.717, 1.165) is 144 Å². The molecule has 0 radical (unpaired) electrons. The molecular formula is C76H95N15O9. The number of imidazole rings is 3. The summed E-state index contributed by atoms with van der Waals surface area (Å²) in [5, 5.41) is 33.4. The Bertz CT molecular complexity index is 4140. The predicted molar refractivity (Wildman–Crippen MR) is 373 cm³/mol. The lowest BCUT2D eigenvalue weighted by molar-refractivity contribution is 0.0197. The minimum atomic E-state index is -0.933. The Hall–Kier alpha value is -9.19. The third-order valence-corrected chi connectivity index (χ3v) is 21.1. The van der Waals surface area contributed by atoms with Crippen LogP contribution in [0.1, 0.15) is 212 Å². The molecule has 0 spiro atoms. The van der Waals surface area contributed by atoms with Gasteiger partial charge in [-0.15, -0.1) is 0 Å². The summed E-state index contributed by atoms with van der Waals surface area (Å²) in [5.74, 6) is 6.26. The first-order valence-corrected chi connectivity index (χ1v) is 36.1. The number of benzene rings is 3. The number of amidine groups is 1. The molecule has 8 aromatic rings. The van der Waals surface area contributed by atoms with Gasteiger partial charge in [-0.3, -0.25) is 0 Å². The Labute approximate surface area is 583 Å². The molecule has 9 aliphatic rings. The first kappa shape index (κ1) is 68.0. The van der Waals surface area contributed by atoms with Crippen LogP contribution >= 0.6 is 0 Å². The van der Waals surface area contributed by atoms with Crippen molar-refractivity contribution in [3.63, 3.8) is 0 Å². The molecule has 5 N–H and O–H groups in total. The van der Waals surface area contributed by atoms with Crippen molar-refractivity contribution in [2.24, 2.45) is 16.3 Å². The van der Waals surface area contributed by atoms with E-state index in [1.165, 1.54) is 48.8 Å². The Morgan fingerprint density at radius 3 is 1.41 bits per heavy atom. The minimum absolute atomic E-state index is 0.0466. The molecule has 6 aliphatic carbocycles. The number of aromatic carboxylic acids is 1. The molecule has 0 saturated heterocycles. The molecule has 24 nitrogen and oxygen atoms in total. The van der Waals surface area contributed by atoms with Crippen LogP contribution in [-0.4, -0.2) is 142 Å².